The molecule has 2 aromatic carbocycles. The minimum absolute atomic E-state index is 0.00251. The highest BCUT2D eigenvalue weighted by molar-refractivity contribution is 7.92. The summed E-state index contributed by atoms with van der Waals surface area (Å²) in [5, 5.41) is 2.87. The third-order valence-corrected chi connectivity index (χ3v) is 5.17. The second kappa shape index (κ2) is 9.24. The van der Waals surface area contributed by atoms with E-state index in [9.17, 15) is 13.2 Å². The van der Waals surface area contributed by atoms with Crippen molar-refractivity contribution in [3.8, 4) is 5.75 Å². The zero-order chi connectivity index (χ0) is 19.0. The van der Waals surface area contributed by atoms with E-state index in [2.05, 4.69) is 10.0 Å². The van der Waals surface area contributed by atoms with Crippen LogP contribution in [0.2, 0.25) is 0 Å². The van der Waals surface area contributed by atoms with Gasteiger partial charge in [0.25, 0.3) is 5.91 Å². The van der Waals surface area contributed by atoms with Crippen LogP contribution in [0.5, 0.6) is 5.75 Å². The lowest BCUT2D eigenvalue weighted by Crippen LogP contribution is -2.24. The van der Waals surface area contributed by atoms with Crippen molar-refractivity contribution in [1.82, 2.24) is 5.32 Å². The summed E-state index contributed by atoms with van der Waals surface area (Å²) in [5.41, 5.74) is 2.10. The topological polar surface area (TPSA) is 84.5 Å². The molecule has 0 saturated carbocycles. The molecule has 0 radical (unpaired) electrons. The van der Waals surface area contributed by atoms with E-state index in [0.29, 0.717) is 17.8 Å². The quantitative estimate of drug-likeness (QED) is 0.659. The molecule has 0 aromatic heterocycles. The lowest BCUT2D eigenvalue weighted by Gasteiger charge is -2.08. The van der Waals surface area contributed by atoms with E-state index in [4.69, 9.17) is 4.74 Å². The van der Waals surface area contributed by atoms with Crippen LogP contribution in [0.15, 0.2) is 48.5 Å². The smallest absolute Gasteiger partial charge is 0.251 e. The molecular formula is C19H24N2O4S. The number of hydrogen-bond donors (Lipinski definition) is 2. The summed E-state index contributed by atoms with van der Waals surface area (Å²) in [6.07, 6.45) is 1.66. The van der Waals surface area contributed by atoms with Crippen LogP contribution in [0.25, 0.3) is 0 Å². The van der Waals surface area contributed by atoms with Gasteiger partial charge in [0.1, 0.15) is 5.75 Å². The van der Waals surface area contributed by atoms with E-state index in [1.807, 2.05) is 24.3 Å². The zero-order valence-corrected chi connectivity index (χ0v) is 15.8. The molecule has 0 saturated heterocycles. The van der Waals surface area contributed by atoms with Gasteiger partial charge in [0, 0.05) is 17.8 Å². The van der Waals surface area contributed by atoms with Gasteiger partial charge in [-0.15, -0.1) is 0 Å². The molecule has 0 bridgehead atoms. The van der Waals surface area contributed by atoms with Crippen LogP contribution in [0.1, 0.15) is 29.3 Å². The molecular weight excluding hydrogens is 352 g/mol. The molecule has 2 rings (SSSR count). The summed E-state index contributed by atoms with van der Waals surface area (Å²) in [5.74, 6) is 0.647. The van der Waals surface area contributed by atoms with E-state index in [0.717, 1.165) is 24.2 Å². The summed E-state index contributed by atoms with van der Waals surface area (Å²) >= 11 is 0. The number of rotatable bonds is 9. The first-order valence-electron chi connectivity index (χ1n) is 8.45. The Morgan fingerprint density at radius 2 is 1.85 bits per heavy atom. The molecule has 26 heavy (non-hydrogen) atoms. The summed E-state index contributed by atoms with van der Waals surface area (Å²) in [4.78, 5) is 12.1. The van der Waals surface area contributed by atoms with E-state index in [-0.39, 0.29) is 11.7 Å². The second-order valence-corrected chi connectivity index (χ2v) is 7.80. The average Bonchev–Trinajstić information content (AvgIpc) is 2.65. The van der Waals surface area contributed by atoms with Crippen LogP contribution < -0.4 is 14.8 Å². The first-order valence-corrected chi connectivity index (χ1v) is 10.1. The first kappa shape index (κ1) is 19.8. The summed E-state index contributed by atoms with van der Waals surface area (Å²) < 4.78 is 30.7. The number of carbonyl (C=O) groups excluding carboxylic acids is 1. The van der Waals surface area contributed by atoms with Crippen molar-refractivity contribution < 1.29 is 17.9 Å². The maximum absolute atomic E-state index is 12.1. The number of ether oxygens (including phenoxy) is 1. The fourth-order valence-electron chi connectivity index (χ4n) is 2.37. The predicted octanol–water partition coefficient (Wildman–Crippen LogP) is 2.82. The molecule has 0 atom stereocenters. The first-order chi connectivity index (χ1) is 12.4. The molecule has 0 aliphatic carbocycles. The standard InChI is InChI=1S/C19H24N2O4S/c1-3-26(23,24)21-17-11-9-16(10-12-17)19(22)20-13-5-7-15-6-4-8-18(14-15)25-2/h4,6,8-12,14,21H,3,5,7,13H2,1-2H3,(H,20,22). The molecule has 7 heteroatoms. The van der Waals surface area contributed by atoms with Crippen molar-refractivity contribution in [2.75, 3.05) is 24.1 Å². The van der Waals surface area contributed by atoms with Crippen molar-refractivity contribution in [3.63, 3.8) is 0 Å². The van der Waals surface area contributed by atoms with Crippen molar-refractivity contribution in [2.24, 2.45) is 0 Å². The largest absolute Gasteiger partial charge is 0.497 e. The molecule has 0 aliphatic rings. The van der Waals surface area contributed by atoms with Gasteiger partial charge in [-0.25, -0.2) is 8.42 Å². The normalized spacial score (nSPS) is 11.0. The Balaban J connectivity index is 1.80. The third-order valence-electron chi connectivity index (χ3n) is 3.86. The third kappa shape index (κ3) is 6.07. The highest BCUT2D eigenvalue weighted by Crippen LogP contribution is 2.14. The number of nitrogens with one attached hydrogen (secondary N) is 2. The minimum atomic E-state index is -3.31. The van der Waals surface area contributed by atoms with Crippen molar-refractivity contribution in [3.05, 3.63) is 59.7 Å². The van der Waals surface area contributed by atoms with Gasteiger partial charge in [-0.3, -0.25) is 9.52 Å². The number of methoxy groups -OCH3 is 1. The van der Waals surface area contributed by atoms with Gasteiger partial charge >= 0.3 is 0 Å². The number of carbonyl (C=O) groups is 1. The van der Waals surface area contributed by atoms with Crippen LogP contribution in [0, 0.1) is 0 Å². The zero-order valence-electron chi connectivity index (χ0n) is 15.0. The van der Waals surface area contributed by atoms with Crippen LogP contribution in [0.3, 0.4) is 0 Å². The van der Waals surface area contributed by atoms with E-state index in [1.54, 1.807) is 38.3 Å². The summed E-state index contributed by atoms with van der Waals surface area (Å²) in [6, 6.07) is 14.2. The van der Waals surface area contributed by atoms with E-state index >= 15 is 0 Å². The van der Waals surface area contributed by atoms with E-state index < -0.39 is 10.0 Å². The number of anilines is 1. The van der Waals surface area contributed by atoms with Crippen molar-refractivity contribution >= 4 is 21.6 Å². The lowest BCUT2D eigenvalue weighted by atomic mass is 10.1. The molecule has 0 heterocycles. The van der Waals surface area contributed by atoms with Crippen LogP contribution in [0.4, 0.5) is 5.69 Å². The van der Waals surface area contributed by atoms with Gasteiger partial charge in [0.05, 0.1) is 12.9 Å². The summed E-state index contributed by atoms with van der Waals surface area (Å²) in [7, 11) is -1.68. The number of benzene rings is 2. The number of aryl methyl sites for hydroxylation is 1. The number of amides is 1. The maximum Gasteiger partial charge on any atom is 0.251 e. The van der Waals surface area contributed by atoms with Crippen LogP contribution >= 0.6 is 0 Å². The van der Waals surface area contributed by atoms with Crippen LogP contribution in [-0.4, -0.2) is 33.7 Å². The Kier molecular flexibility index (Phi) is 7.03. The lowest BCUT2D eigenvalue weighted by molar-refractivity contribution is 0.0953. The van der Waals surface area contributed by atoms with Crippen LogP contribution in [-0.2, 0) is 16.4 Å². The molecule has 140 valence electrons. The van der Waals surface area contributed by atoms with Gasteiger partial charge in [0.15, 0.2) is 0 Å². The second-order valence-electron chi connectivity index (χ2n) is 5.79. The Morgan fingerprint density at radius 3 is 2.50 bits per heavy atom. The number of sulfonamides is 1. The molecule has 0 aliphatic heterocycles. The Hall–Kier alpha value is -2.54. The SMILES string of the molecule is CCS(=O)(=O)Nc1ccc(C(=O)NCCCc2cccc(OC)c2)cc1. The minimum Gasteiger partial charge on any atom is -0.497 e. The monoisotopic (exact) mass is 376 g/mol. The molecule has 6 nitrogen and oxygen atoms in total. The van der Waals surface area contributed by atoms with Gasteiger partial charge in [0.2, 0.25) is 10.0 Å². The average molecular weight is 376 g/mol. The fourth-order valence-corrected chi connectivity index (χ4v) is 3.01. The molecule has 0 spiro atoms. The van der Waals surface area contributed by atoms with Crippen molar-refractivity contribution in [1.29, 1.82) is 0 Å². The van der Waals surface area contributed by atoms with Gasteiger partial charge in [-0.2, -0.15) is 0 Å². The maximum atomic E-state index is 12.1. The van der Waals surface area contributed by atoms with Gasteiger partial charge < -0.3 is 10.1 Å². The number of hydrogen-bond acceptors (Lipinski definition) is 4. The van der Waals surface area contributed by atoms with Crippen molar-refractivity contribution in [2.45, 2.75) is 19.8 Å². The molecule has 1 amide bonds. The molecule has 2 aromatic rings. The van der Waals surface area contributed by atoms with Gasteiger partial charge in [-0.1, -0.05) is 12.1 Å². The van der Waals surface area contributed by atoms with E-state index in [1.165, 1.54) is 0 Å². The fraction of sp³-hybridized carbons (Fsp3) is 0.316. The highest BCUT2D eigenvalue weighted by Gasteiger charge is 2.08. The Bertz CT molecular complexity index is 833. The highest BCUT2D eigenvalue weighted by atomic mass is 32.2. The Labute approximate surface area is 154 Å². The Morgan fingerprint density at radius 1 is 1.12 bits per heavy atom. The predicted molar refractivity (Wildman–Crippen MR) is 103 cm³/mol. The molecule has 0 unspecified atom stereocenters. The molecule has 2 N–H and O–H groups in total. The summed E-state index contributed by atoms with van der Waals surface area (Å²) in [6.45, 7) is 2.12. The van der Waals surface area contributed by atoms with Gasteiger partial charge in [-0.05, 0) is 61.7 Å². The molecule has 0 fully saturated rings.